The first-order valence-corrected chi connectivity index (χ1v) is 5.50. The van der Waals surface area contributed by atoms with Gasteiger partial charge in [0.25, 0.3) is 0 Å². The summed E-state index contributed by atoms with van der Waals surface area (Å²) < 4.78 is 23.5. The fraction of sp³-hybridized carbons (Fsp3) is 0.143. The van der Waals surface area contributed by atoms with Crippen LogP contribution in [0.25, 0.3) is 0 Å². The van der Waals surface area contributed by atoms with Crippen molar-refractivity contribution in [1.82, 2.24) is 0 Å². The Hall–Kier alpha value is -2.23. The van der Waals surface area contributed by atoms with Gasteiger partial charge in [0.2, 0.25) is 0 Å². The normalized spacial score (nSPS) is 10.1. The van der Waals surface area contributed by atoms with Crippen LogP contribution in [0.5, 0.6) is 11.5 Å². The van der Waals surface area contributed by atoms with E-state index in [0.717, 1.165) is 5.56 Å². The van der Waals surface area contributed by atoms with Gasteiger partial charge in [-0.15, -0.1) is 0 Å². The van der Waals surface area contributed by atoms with E-state index in [1.807, 2.05) is 0 Å². The summed E-state index contributed by atoms with van der Waals surface area (Å²) in [6.07, 6.45) is 0. The summed E-state index contributed by atoms with van der Waals surface area (Å²) in [6.45, 7) is 0.319. The number of ether oxygens (including phenoxy) is 2. The molecule has 0 amide bonds. The highest BCUT2D eigenvalue weighted by Crippen LogP contribution is 2.23. The third-order valence-corrected chi connectivity index (χ3v) is 2.51. The molecule has 2 aromatic rings. The Labute approximate surface area is 105 Å². The van der Waals surface area contributed by atoms with Crippen LogP contribution in [0.1, 0.15) is 5.56 Å². The zero-order chi connectivity index (χ0) is 13.0. The van der Waals surface area contributed by atoms with Gasteiger partial charge in [0, 0.05) is 11.3 Å². The Kier molecular flexibility index (Phi) is 3.67. The van der Waals surface area contributed by atoms with Crippen LogP contribution >= 0.6 is 0 Å². The number of methoxy groups -OCH3 is 1. The monoisotopic (exact) mass is 247 g/mol. The van der Waals surface area contributed by atoms with Crippen molar-refractivity contribution in [3.8, 4) is 11.5 Å². The highest BCUT2D eigenvalue weighted by molar-refractivity contribution is 5.47. The predicted octanol–water partition coefficient (Wildman–Crippen LogP) is 3.00. The minimum absolute atomic E-state index is 0.288. The molecule has 2 rings (SSSR count). The number of hydrogen-bond donors (Lipinski definition) is 1. The molecular formula is C14H14FNO2. The maximum atomic E-state index is 12.7. The Morgan fingerprint density at radius 2 is 1.83 bits per heavy atom. The van der Waals surface area contributed by atoms with Crippen molar-refractivity contribution in [3.05, 3.63) is 53.8 Å². The van der Waals surface area contributed by atoms with Crippen molar-refractivity contribution in [2.24, 2.45) is 0 Å². The topological polar surface area (TPSA) is 44.5 Å². The Bertz CT molecular complexity index is 526. The second-order valence-electron chi connectivity index (χ2n) is 3.81. The molecule has 0 aliphatic heterocycles. The summed E-state index contributed by atoms with van der Waals surface area (Å²) in [5.41, 5.74) is 7.21. The number of nitrogens with two attached hydrogens (primary N) is 1. The molecule has 0 aliphatic carbocycles. The number of rotatable bonds is 4. The standard InChI is InChI=1S/C14H14FNO2/c1-17-14-7-4-12(16)8-10(14)9-18-13-5-2-11(15)3-6-13/h2-8H,9,16H2,1H3. The second-order valence-corrected chi connectivity index (χ2v) is 3.81. The number of halogens is 1. The lowest BCUT2D eigenvalue weighted by Gasteiger charge is -2.11. The summed E-state index contributed by atoms with van der Waals surface area (Å²) in [6, 6.07) is 11.2. The van der Waals surface area contributed by atoms with E-state index < -0.39 is 0 Å². The summed E-state index contributed by atoms with van der Waals surface area (Å²) in [7, 11) is 1.59. The molecule has 0 radical (unpaired) electrons. The molecule has 4 heteroatoms. The highest BCUT2D eigenvalue weighted by Gasteiger charge is 2.04. The Morgan fingerprint density at radius 3 is 2.50 bits per heavy atom. The van der Waals surface area contributed by atoms with E-state index in [-0.39, 0.29) is 5.82 Å². The van der Waals surface area contributed by atoms with E-state index in [9.17, 15) is 4.39 Å². The third-order valence-electron chi connectivity index (χ3n) is 2.51. The average molecular weight is 247 g/mol. The summed E-state index contributed by atoms with van der Waals surface area (Å²) in [5, 5.41) is 0. The fourth-order valence-corrected chi connectivity index (χ4v) is 1.60. The molecule has 0 unspecified atom stereocenters. The first-order valence-electron chi connectivity index (χ1n) is 5.50. The van der Waals surface area contributed by atoms with Gasteiger partial charge in [0.1, 0.15) is 23.9 Å². The molecular weight excluding hydrogens is 233 g/mol. The van der Waals surface area contributed by atoms with E-state index in [1.165, 1.54) is 12.1 Å². The van der Waals surface area contributed by atoms with Crippen molar-refractivity contribution < 1.29 is 13.9 Å². The third kappa shape index (κ3) is 2.91. The molecule has 2 N–H and O–H groups in total. The number of benzene rings is 2. The van der Waals surface area contributed by atoms with Crippen LogP contribution in [0, 0.1) is 5.82 Å². The van der Waals surface area contributed by atoms with E-state index in [4.69, 9.17) is 15.2 Å². The molecule has 0 spiro atoms. The smallest absolute Gasteiger partial charge is 0.125 e. The van der Waals surface area contributed by atoms with Crippen molar-refractivity contribution in [2.75, 3.05) is 12.8 Å². The zero-order valence-corrected chi connectivity index (χ0v) is 10.0. The molecule has 0 fully saturated rings. The van der Waals surface area contributed by atoms with Crippen molar-refractivity contribution in [1.29, 1.82) is 0 Å². The summed E-state index contributed by atoms with van der Waals surface area (Å²) in [5.74, 6) is 1.02. The van der Waals surface area contributed by atoms with Gasteiger partial charge in [0.05, 0.1) is 7.11 Å². The van der Waals surface area contributed by atoms with Gasteiger partial charge in [-0.1, -0.05) is 0 Å². The number of anilines is 1. The molecule has 3 nitrogen and oxygen atoms in total. The van der Waals surface area contributed by atoms with E-state index in [2.05, 4.69) is 0 Å². The minimum atomic E-state index is -0.288. The Morgan fingerprint density at radius 1 is 1.11 bits per heavy atom. The lowest BCUT2D eigenvalue weighted by atomic mass is 10.2. The van der Waals surface area contributed by atoms with Crippen molar-refractivity contribution >= 4 is 5.69 Å². The molecule has 0 aliphatic rings. The first kappa shape index (κ1) is 12.2. The van der Waals surface area contributed by atoms with Gasteiger partial charge in [-0.25, -0.2) is 4.39 Å². The van der Waals surface area contributed by atoms with Crippen LogP contribution in [0.4, 0.5) is 10.1 Å². The summed E-state index contributed by atoms with van der Waals surface area (Å²) in [4.78, 5) is 0. The molecule has 0 bridgehead atoms. The maximum absolute atomic E-state index is 12.7. The lowest BCUT2D eigenvalue weighted by Crippen LogP contribution is -2.00. The van der Waals surface area contributed by atoms with Crippen LogP contribution in [0.3, 0.4) is 0 Å². The highest BCUT2D eigenvalue weighted by atomic mass is 19.1. The van der Waals surface area contributed by atoms with Gasteiger partial charge in [0.15, 0.2) is 0 Å². The fourth-order valence-electron chi connectivity index (χ4n) is 1.60. The molecule has 18 heavy (non-hydrogen) atoms. The minimum Gasteiger partial charge on any atom is -0.496 e. The lowest BCUT2D eigenvalue weighted by molar-refractivity contribution is 0.296. The van der Waals surface area contributed by atoms with Crippen LogP contribution in [0.2, 0.25) is 0 Å². The maximum Gasteiger partial charge on any atom is 0.125 e. The summed E-state index contributed by atoms with van der Waals surface area (Å²) >= 11 is 0. The number of nitrogen functional groups attached to an aromatic ring is 1. The van der Waals surface area contributed by atoms with Crippen LogP contribution in [-0.4, -0.2) is 7.11 Å². The molecule has 0 aromatic heterocycles. The Balaban J connectivity index is 2.09. The van der Waals surface area contributed by atoms with Crippen molar-refractivity contribution in [3.63, 3.8) is 0 Å². The molecule has 0 atom stereocenters. The van der Waals surface area contributed by atoms with Crippen LogP contribution in [0.15, 0.2) is 42.5 Å². The van der Waals surface area contributed by atoms with Crippen molar-refractivity contribution in [2.45, 2.75) is 6.61 Å². The predicted molar refractivity (Wildman–Crippen MR) is 68.1 cm³/mol. The molecule has 0 saturated heterocycles. The van der Waals surface area contributed by atoms with E-state index >= 15 is 0 Å². The zero-order valence-electron chi connectivity index (χ0n) is 10.0. The largest absolute Gasteiger partial charge is 0.496 e. The molecule has 94 valence electrons. The van der Waals surface area contributed by atoms with E-state index in [1.54, 1.807) is 37.4 Å². The first-order chi connectivity index (χ1) is 8.69. The van der Waals surface area contributed by atoms with Gasteiger partial charge in [-0.2, -0.15) is 0 Å². The second kappa shape index (κ2) is 5.40. The van der Waals surface area contributed by atoms with E-state index in [0.29, 0.717) is 23.8 Å². The van der Waals surface area contributed by atoms with Gasteiger partial charge >= 0.3 is 0 Å². The number of hydrogen-bond acceptors (Lipinski definition) is 3. The quantitative estimate of drug-likeness (QED) is 0.845. The SMILES string of the molecule is COc1ccc(N)cc1COc1ccc(F)cc1. The van der Waals surface area contributed by atoms with Crippen LogP contribution in [-0.2, 0) is 6.61 Å². The molecule has 0 saturated carbocycles. The van der Waals surface area contributed by atoms with Gasteiger partial charge in [-0.05, 0) is 42.5 Å². The molecule has 2 aromatic carbocycles. The van der Waals surface area contributed by atoms with Gasteiger partial charge < -0.3 is 15.2 Å². The van der Waals surface area contributed by atoms with Crippen LogP contribution < -0.4 is 15.2 Å². The molecule has 0 heterocycles. The van der Waals surface area contributed by atoms with Gasteiger partial charge in [-0.3, -0.25) is 0 Å². The average Bonchev–Trinajstić information content (AvgIpc) is 2.38.